The van der Waals surface area contributed by atoms with Gasteiger partial charge in [0.25, 0.3) is 0 Å². The molecule has 0 aromatic heterocycles. The minimum Gasteiger partial charge on any atom is -0.486 e. The zero-order valence-electron chi connectivity index (χ0n) is 22.3. The van der Waals surface area contributed by atoms with E-state index in [1.165, 1.54) is 11.3 Å². The molecule has 1 saturated carbocycles. The molecule has 9 nitrogen and oxygen atoms in total. The van der Waals surface area contributed by atoms with Gasteiger partial charge < -0.3 is 19.7 Å². The predicted octanol–water partition coefficient (Wildman–Crippen LogP) is 3.40. The minimum absolute atomic E-state index is 0.0971. The number of sulfonamides is 1. The third kappa shape index (κ3) is 6.98. The highest BCUT2D eigenvalue weighted by molar-refractivity contribution is 7.92. The van der Waals surface area contributed by atoms with Crippen LogP contribution in [0.2, 0.25) is 0 Å². The lowest BCUT2D eigenvalue weighted by Crippen LogP contribution is -2.53. The molecule has 2 aromatic rings. The van der Waals surface area contributed by atoms with Crippen molar-refractivity contribution in [3.63, 3.8) is 0 Å². The second-order valence-corrected chi connectivity index (χ2v) is 12.0. The summed E-state index contributed by atoms with van der Waals surface area (Å²) in [6.07, 6.45) is 6.23. The maximum Gasteiger partial charge on any atom is 0.244 e. The average molecular weight is 544 g/mol. The Labute approximate surface area is 225 Å². The summed E-state index contributed by atoms with van der Waals surface area (Å²) in [4.78, 5) is 28.5. The number of hydrogen-bond acceptors (Lipinski definition) is 6. The van der Waals surface area contributed by atoms with Crippen LogP contribution < -0.4 is 19.1 Å². The average Bonchev–Trinajstić information content (AvgIpc) is 2.89. The van der Waals surface area contributed by atoms with E-state index in [1.807, 2.05) is 31.2 Å². The molecular formula is C28H37N3O6S. The second-order valence-electron chi connectivity index (χ2n) is 10.1. The lowest BCUT2D eigenvalue weighted by atomic mass is 9.95. The van der Waals surface area contributed by atoms with Gasteiger partial charge in [-0.15, -0.1) is 0 Å². The molecule has 0 spiro atoms. The van der Waals surface area contributed by atoms with Crippen LogP contribution in [0.5, 0.6) is 11.5 Å². The Morgan fingerprint density at radius 3 is 2.42 bits per heavy atom. The van der Waals surface area contributed by atoms with Crippen LogP contribution in [-0.4, -0.2) is 63.2 Å². The van der Waals surface area contributed by atoms with Crippen molar-refractivity contribution in [1.29, 1.82) is 0 Å². The van der Waals surface area contributed by atoms with E-state index in [4.69, 9.17) is 9.47 Å². The number of anilines is 1. The van der Waals surface area contributed by atoms with Crippen molar-refractivity contribution < 1.29 is 27.5 Å². The normalized spacial score (nSPS) is 16.4. The van der Waals surface area contributed by atoms with Crippen LogP contribution in [0.25, 0.3) is 0 Å². The molecule has 1 aliphatic carbocycles. The summed E-state index contributed by atoms with van der Waals surface area (Å²) in [7, 11) is -3.83. The van der Waals surface area contributed by atoms with E-state index in [9.17, 15) is 18.0 Å². The molecule has 2 aliphatic rings. The summed E-state index contributed by atoms with van der Waals surface area (Å²) in [5, 5.41) is 3.11. The second kappa shape index (κ2) is 12.1. The van der Waals surface area contributed by atoms with Gasteiger partial charge in [-0.25, -0.2) is 8.42 Å². The van der Waals surface area contributed by atoms with Gasteiger partial charge in [-0.2, -0.15) is 0 Å². The molecule has 1 heterocycles. The minimum atomic E-state index is -3.83. The summed E-state index contributed by atoms with van der Waals surface area (Å²) in [6.45, 7) is 4.15. The van der Waals surface area contributed by atoms with E-state index >= 15 is 0 Å². The van der Waals surface area contributed by atoms with Crippen LogP contribution in [-0.2, 0) is 26.2 Å². The molecule has 1 fully saturated rings. The molecule has 206 valence electrons. The summed E-state index contributed by atoms with van der Waals surface area (Å²) < 4.78 is 37.9. The Hall–Kier alpha value is -3.27. The number of benzene rings is 2. The van der Waals surface area contributed by atoms with Crippen molar-refractivity contribution in [3.05, 3.63) is 53.6 Å². The van der Waals surface area contributed by atoms with E-state index in [-0.39, 0.29) is 18.5 Å². The number of carbonyl (C=O) groups excluding carboxylic acids is 2. The van der Waals surface area contributed by atoms with Crippen LogP contribution in [0.4, 0.5) is 5.69 Å². The smallest absolute Gasteiger partial charge is 0.244 e. The van der Waals surface area contributed by atoms with Crippen molar-refractivity contribution in [2.75, 3.05) is 30.3 Å². The zero-order valence-corrected chi connectivity index (χ0v) is 23.1. The standard InChI is InChI=1S/C28H37N3O6S/c1-20-8-7-9-22(16-20)18-30(21(2)28(33)29-23-10-5-4-6-11-23)27(32)19-31(38(3,34)35)24-12-13-25-26(17-24)37-15-14-36-25/h7-9,12-13,16-17,21,23H,4-6,10-11,14-15,18-19H2,1-3H3,(H,29,33)/t21-/m1/s1. The van der Waals surface area contributed by atoms with Gasteiger partial charge in [0.05, 0.1) is 11.9 Å². The molecule has 2 amide bonds. The van der Waals surface area contributed by atoms with Crippen LogP contribution in [0.1, 0.15) is 50.2 Å². The number of ether oxygens (including phenoxy) is 2. The van der Waals surface area contributed by atoms with Crippen LogP contribution in [0.15, 0.2) is 42.5 Å². The SMILES string of the molecule is Cc1cccc(CN(C(=O)CN(c2ccc3c(c2)OCCO3)S(C)(=O)=O)[C@H](C)C(=O)NC2CCCCC2)c1. The summed E-state index contributed by atoms with van der Waals surface area (Å²) in [5.74, 6) is 0.238. The number of fused-ring (bicyclic) bond motifs is 1. The van der Waals surface area contributed by atoms with Crippen molar-refractivity contribution in [2.24, 2.45) is 0 Å². The Bertz CT molecular complexity index is 1260. The largest absolute Gasteiger partial charge is 0.486 e. The molecule has 1 aliphatic heterocycles. The maximum absolute atomic E-state index is 13.8. The first-order valence-electron chi connectivity index (χ1n) is 13.1. The topological polar surface area (TPSA) is 105 Å². The molecule has 1 N–H and O–H groups in total. The summed E-state index contributed by atoms with van der Waals surface area (Å²) in [5.41, 5.74) is 2.18. The van der Waals surface area contributed by atoms with Crippen molar-refractivity contribution in [3.8, 4) is 11.5 Å². The van der Waals surface area contributed by atoms with Gasteiger partial charge in [0.15, 0.2) is 11.5 Å². The first kappa shape index (κ1) is 27.8. The summed E-state index contributed by atoms with van der Waals surface area (Å²) in [6, 6.07) is 11.8. The van der Waals surface area contributed by atoms with Gasteiger partial charge in [-0.05, 0) is 44.4 Å². The molecule has 2 aromatic carbocycles. The van der Waals surface area contributed by atoms with E-state index < -0.39 is 28.5 Å². The van der Waals surface area contributed by atoms with Gasteiger partial charge in [0, 0.05) is 18.7 Å². The van der Waals surface area contributed by atoms with Crippen LogP contribution >= 0.6 is 0 Å². The fourth-order valence-corrected chi connectivity index (χ4v) is 5.80. The number of nitrogens with zero attached hydrogens (tertiary/aromatic N) is 2. The van der Waals surface area contributed by atoms with Gasteiger partial charge in [-0.1, -0.05) is 49.1 Å². The molecule has 0 radical (unpaired) electrons. The predicted molar refractivity (Wildman–Crippen MR) is 146 cm³/mol. The fourth-order valence-electron chi connectivity index (χ4n) is 4.96. The molecule has 4 rings (SSSR count). The highest BCUT2D eigenvalue weighted by Crippen LogP contribution is 2.34. The van der Waals surface area contributed by atoms with E-state index in [2.05, 4.69) is 5.32 Å². The molecular weight excluding hydrogens is 506 g/mol. The monoisotopic (exact) mass is 543 g/mol. The third-order valence-electron chi connectivity index (χ3n) is 7.05. The Morgan fingerprint density at radius 1 is 1.03 bits per heavy atom. The van der Waals surface area contributed by atoms with Gasteiger partial charge in [0.2, 0.25) is 21.8 Å². The van der Waals surface area contributed by atoms with E-state index in [1.54, 1.807) is 25.1 Å². The van der Waals surface area contributed by atoms with Crippen LogP contribution in [0.3, 0.4) is 0 Å². The van der Waals surface area contributed by atoms with E-state index in [0.717, 1.165) is 47.4 Å². The summed E-state index contributed by atoms with van der Waals surface area (Å²) >= 11 is 0. The molecule has 1 atom stereocenters. The van der Waals surface area contributed by atoms with Crippen LogP contribution in [0, 0.1) is 6.92 Å². The fraction of sp³-hybridized carbons (Fsp3) is 0.500. The first-order chi connectivity index (χ1) is 18.1. The lowest BCUT2D eigenvalue weighted by molar-refractivity contribution is -0.139. The maximum atomic E-state index is 13.8. The number of nitrogens with one attached hydrogen (secondary N) is 1. The highest BCUT2D eigenvalue weighted by atomic mass is 32.2. The number of rotatable bonds is 9. The van der Waals surface area contributed by atoms with Crippen molar-refractivity contribution >= 4 is 27.5 Å². The highest BCUT2D eigenvalue weighted by Gasteiger charge is 2.31. The molecule has 38 heavy (non-hydrogen) atoms. The number of amides is 2. The Kier molecular flexibility index (Phi) is 8.81. The van der Waals surface area contributed by atoms with Gasteiger partial charge in [-0.3, -0.25) is 13.9 Å². The molecule has 0 saturated heterocycles. The zero-order chi connectivity index (χ0) is 27.3. The molecule has 0 unspecified atom stereocenters. The Morgan fingerprint density at radius 2 is 1.74 bits per heavy atom. The number of aryl methyl sites for hydroxylation is 1. The number of carbonyl (C=O) groups is 2. The lowest BCUT2D eigenvalue weighted by Gasteiger charge is -2.33. The number of hydrogen-bond donors (Lipinski definition) is 1. The van der Waals surface area contributed by atoms with E-state index in [0.29, 0.717) is 30.4 Å². The quantitative estimate of drug-likeness (QED) is 0.520. The molecule has 0 bridgehead atoms. The Balaban J connectivity index is 1.59. The van der Waals surface area contributed by atoms with Gasteiger partial charge in [0.1, 0.15) is 25.8 Å². The molecule has 10 heteroatoms. The third-order valence-corrected chi connectivity index (χ3v) is 8.19. The first-order valence-corrected chi connectivity index (χ1v) is 15.0. The van der Waals surface area contributed by atoms with Gasteiger partial charge >= 0.3 is 0 Å². The van der Waals surface area contributed by atoms with Crippen molar-refractivity contribution in [2.45, 2.75) is 64.6 Å². The van der Waals surface area contributed by atoms with Crippen molar-refractivity contribution in [1.82, 2.24) is 10.2 Å².